The number of methoxy groups -OCH3 is 1. The number of halogens is 2. The third-order valence-electron chi connectivity index (χ3n) is 2.84. The van der Waals surface area contributed by atoms with E-state index in [1.807, 2.05) is 13.8 Å². The van der Waals surface area contributed by atoms with E-state index in [1.54, 1.807) is 24.1 Å². The molecule has 1 aromatic carbocycles. The molecule has 122 valence electrons. The van der Waals surface area contributed by atoms with E-state index in [1.165, 1.54) is 25.3 Å². The van der Waals surface area contributed by atoms with Crippen LogP contribution in [0.15, 0.2) is 24.3 Å². The minimum absolute atomic E-state index is 0.0436. The standard InChI is InChI=1S/C16H21F2NO3/c1-11(2)10-19(3)15(20)8-6-12-5-7-13(22-16(17)18)14(9-12)21-4/h5-9,11,16H,10H2,1-4H3/b8-6+. The number of carbonyl (C=O) groups excluding carboxylic acids is 1. The van der Waals surface area contributed by atoms with E-state index in [4.69, 9.17) is 4.74 Å². The molecule has 0 bridgehead atoms. The zero-order chi connectivity index (χ0) is 16.7. The Labute approximate surface area is 129 Å². The van der Waals surface area contributed by atoms with E-state index in [0.29, 0.717) is 18.0 Å². The normalized spacial score (nSPS) is 11.3. The van der Waals surface area contributed by atoms with Gasteiger partial charge >= 0.3 is 6.61 Å². The molecule has 0 spiro atoms. The molecule has 0 saturated heterocycles. The summed E-state index contributed by atoms with van der Waals surface area (Å²) in [5.41, 5.74) is 0.657. The average molecular weight is 313 g/mol. The lowest BCUT2D eigenvalue weighted by Gasteiger charge is -2.17. The van der Waals surface area contributed by atoms with Crippen LogP contribution in [0.25, 0.3) is 6.08 Å². The van der Waals surface area contributed by atoms with Gasteiger partial charge in [0, 0.05) is 19.7 Å². The van der Waals surface area contributed by atoms with Crippen LogP contribution in [0.5, 0.6) is 11.5 Å². The number of ether oxygens (including phenoxy) is 2. The molecule has 1 rings (SSSR count). The summed E-state index contributed by atoms with van der Waals surface area (Å²) in [5, 5.41) is 0. The molecule has 0 aliphatic rings. The van der Waals surface area contributed by atoms with Crippen molar-refractivity contribution in [1.29, 1.82) is 0 Å². The maximum Gasteiger partial charge on any atom is 0.387 e. The fraction of sp³-hybridized carbons (Fsp3) is 0.438. The fourth-order valence-corrected chi connectivity index (χ4v) is 1.91. The third kappa shape index (κ3) is 5.71. The highest BCUT2D eigenvalue weighted by Crippen LogP contribution is 2.29. The van der Waals surface area contributed by atoms with E-state index in [-0.39, 0.29) is 17.4 Å². The van der Waals surface area contributed by atoms with E-state index >= 15 is 0 Å². The van der Waals surface area contributed by atoms with Crippen LogP contribution in [0.3, 0.4) is 0 Å². The molecule has 22 heavy (non-hydrogen) atoms. The van der Waals surface area contributed by atoms with Crippen LogP contribution >= 0.6 is 0 Å². The van der Waals surface area contributed by atoms with Gasteiger partial charge < -0.3 is 14.4 Å². The number of amides is 1. The van der Waals surface area contributed by atoms with Crippen LogP contribution < -0.4 is 9.47 Å². The van der Waals surface area contributed by atoms with Crippen molar-refractivity contribution in [1.82, 2.24) is 4.90 Å². The van der Waals surface area contributed by atoms with Crippen LogP contribution in [0.2, 0.25) is 0 Å². The Kier molecular flexibility index (Phi) is 6.82. The summed E-state index contributed by atoms with van der Waals surface area (Å²) in [7, 11) is 3.09. The van der Waals surface area contributed by atoms with Crippen molar-refractivity contribution in [2.45, 2.75) is 20.5 Å². The molecule has 0 heterocycles. The van der Waals surface area contributed by atoms with Gasteiger partial charge in [0.05, 0.1) is 7.11 Å². The number of hydrogen-bond donors (Lipinski definition) is 0. The lowest BCUT2D eigenvalue weighted by Crippen LogP contribution is -2.28. The molecule has 0 unspecified atom stereocenters. The van der Waals surface area contributed by atoms with Crippen molar-refractivity contribution in [3.8, 4) is 11.5 Å². The molecule has 0 aromatic heterocycles. The number of likely N-dealkylation sites (N-methyl/N-ethyl adjacent to an activating group) is 1. The van der Waals surface area contributed by atoms with Crippen LogP contribution in [0.1, 0.15) is 19.4 Å². The van der Waals surface area contributed by atoms with Gasteiger partial charge in [0.2, 0.25) is 5.91 Å². The van der Waals surface area contributed by atoms with Crippen molar-refractivity contribution >= 4 is 12.0 Å². The predicted molar refractivity (Wildman–Crippen MR) is 81.1 cm³/mol. The maximum atomic E-state index is 12.2. The first-order valence-corrected chi connectivity index (χ1v) is 6.89. The number of nitrogens with zero attached hydrogens (tertiary/aromatic N) is 1. The van der Waals surface area contributed by atoms with E-state index < -0.39 is 6.61 Å². The number of hydrogen-bond acceptors (Lipinski definition) is 3. The smallest absolute Gasteiger partial charge is 0.387 e. The molecule has 0 N–H and O–H groups in total. The maximum absolute atomic E-state index is 12.2. The molecule has 0 fully saturated rings. The van der Waals surface area contributed by atoms with Gasteiger partial charge in [-0.3, -0.25) is 4.79 Å². The molecule has 6 heteroatoms. The van der Waals surface area contributed by atoms with Crippen molar-refractivity contribution in [3.63, 3.8) is 0 Å². The summed E-state index contributed by atoms with van der Waals surface area (Å²) in [5.74, 6) is 0.400. The first-order valence-electron chi connectivity index (χ1n) is 6.89. The number of rotatable bonds is 7. The summed E-state index contributed by atoms with van der Waals surface area (Å²) in [6.45, 7) is 1.80. The molecule has 0 atom stereocenters. The summed E-state index contributed by atoms with van der Waals surface area (Å²) in [6.07, 6.45) is 3.04. The summed E-state index contributed by atoms with van der Waals surface area (Å²) < 4.78 is 33.8. The molecular formula is C16H21F2NO3. The van der Waals surface area contributed by atoms with Crippen molar-refractivity contribution < 1.29 is 23.0 Å². The van der Waals surface area contributed by atoms with E-state index in [9.17, 15) is 13.6 Å². The largest absolute Gasteiger partial charge is 0.493 e. The lowest BCUT2D eigenvalue weighted by atomic mass is 10.1. The topological polar surface area (TPSA) is 38.8 Å². The number of benzene rings is 1. The molecule has 1 aromatic rings. The van der Waals surface area contributed by atoms with Gasteiger partial charge in [-0.25, -0.2) is 0 Å². The Morgan fingerprint density at radius 1 is 1.32 bits per heavy atom. The van der Waals surface area contributed by atoms with Crippen LogP contribution in [-0.2, 0) is 4.79 Å². The van der Waals surface area contributed by atoms with Crippen molar-refractivity contribution in [2.24, 2.45) is 5.92 Å². The minimum Gasteiger partial charge on any atom is -0.493 e. The highest BCUT2D eigenvalue weighted by Gasteiger charge is 2.11. The minimum atomic E-state index is -2.92. The molecule has 0 radical (unpaired) electrons. The molecule has 0 saturated carbocycles. The Bertz CT molecular complexity index is 530. The van der Waals surface area contributed by atoms with Gasteiger partial charge in [-0.1, -0.05) is 19.9 Å². The summed E-state index contributed by atoms with van der Waals surface area (Å²) in [4.78, 5) is 13.5. The third-order valence-corrected chi connectivity index (χ3v) is 2.84. The SMILES string of the molecule is COc1cc(/C=C/C(=O)N(C)CC(C)C)ccc1OC(F)F. The quantitative estimate of drug-likeness (QED) is 0.724. The summed E-state index contributed by atoms with van der Waals surface area (Å²) in [6, 6.07) is 4.49. The van der Waals surface area contributed by atoms with Gasteiger partial charge in [0.25, 0.3) is 0 Å². The Balaban J connectivity index is 2.81. The first-order chi connectivity index (χ1) is 10.3. The molecule has 1 amide bonds. The highest BCUT2D eigenvalue weighted by molar-refractivity contribution is 5.91. The Hall–Kier alpha value is -2.11. The van der Waals surface area contributed by atoms with Crippen LogP contribution in [0, 0.1) is 5.92 Å². The monoisotopic (exact) mass is 313 g/mol. The number of carbonyl (C=O) groups is 1. The van der Waals surface area contributed by atoms with Crippen molar-refractivity contribution in [2.75, 3.05) is 20.7 Å². The zero-order valence-corrected chi connectivity index (χ0v) is 13.2. The zero-order valence-electron chi connectivity index (χ0n) is 13.2. The molecule has 4 nitrogen and oxygen atoms in total. The fourth-order valence-electron chi connectivity index (χ4n) is 1.91. The molecule has 0 aliphatic carbocycles. The van der Waals surface area contributed by atoms with E-state index in [2.05, 4.69) is 4.74 Å². The van der Waals surface area contributed by atoms with E-state index in [0.717, 1.165) is 0 Å². The van der Waals surface area contributed by atoms with Gasteiger partial charge in [0.15, 0.2) is 11.5 Å². The Morgan fingerprint density at radius 3 is 2.55 bits per heavy atom. The highest BCUT2D eigenvalue weighted by atomic mass is 19.3. The predicted octanol–water partition coefficient (Wildman–Crippen LogP) is 3.42. The Morgan fingerprint density at radius 2 is 2.00 bits per heavy atom. The van der Waals surface area contributed by atoms with Gasteiger partial charge in [0.1, 0.15) is 0 Å². The second-order valence-electron chi connectivity index (χ2n) is 5.23. The average Bonchev–Trinajstić information content (AvgIpc) is 2.44. The lowest BCUT2D eigenvalue weighted by molar-refractivity contribution is -0.125. The van der Waals surface area contributed by atoms with Gasteiger partial charge in [-0.15, -0.1) is 0 Å². The van der Waals surface area contributed by atoms with Crippen molar-refractivity contribution in [3.05, 3.63) is 29.8 Å². The van der Waals surface area contributed by atoms with Crippen LogP contribution in [-0.4, -0.2) is 38.1 Å². The number of alkyl halides is 2. The summed E-state index contributed by atoms with van der Waals surface area (Å²) >= 11 is 0. The molecule has 0 aliphatic heterocycles. The van der Waals surface area contributed by atoms with Crippen LogP contribution in [0.4, 0.5) is 8.78 Å². The molecular weight excluding hydrogens is 292 g/mol. The second-order valence-corrected chi connectivity index (χ2v) is 5.23. The second kappa shape index (κ2) is 8.36. The van der Waals surface area contributed by atoms with Gasteiger partial charge in [-0.2, -0.15) is 8.78 Å². The van der Waals surface area contributed by atoms with Gasteiger partial charge in [-0.05, 0) is 29.7 Å². The first kappa shape index (κ1) is 17.9.